The summed E-state index contributed by atoms with van der Waals surface area (Å²) in [5, 5.41) is 18.8. The number of aromatic carboxylic acids is 1. The van der Waals surface area contributed by atoms with Gasteiger partial charge in [0.25, 0.3) is 0 Å². The summed E-state index contributed by atoms with van der Waals surface area (Å²) in [6.07, 6.45) is 0. The molecule has 8 heteroatoms. The van der Waals surface area contributed by atoms with Crippen molar-refractivity contribution < 1.29 is 28.9 Å². The molecule has 0 amide bonds. The normalized spacial score (nSPS) is 12.2. The summed E-state index contributed by atoms with van der Waals surface area (Å²) in [4.78, 5) is 22.6. The molecule has 1 aromatic carbocycles. The fourth-order valence-electron chi connectivity index (χ4n) is 1.80. The summed E-state index contributed by atoms with van der Waals surface area (Å²) in [6, 6.07) is 0.444. The highest BCUT2D eigenvalue weighted by atomic mass is 35.5. The second-order valence-corrected chi connectivity index (χ2v) is 4.89. The van der Waals surface area contributed by atoms with Gasteiger partial charge < -0.3 is 20.7 Å². The lowest BCUT2D eigenvalue weighted by molar-refractivity contribution is -0.152. The zero-order valence-corrected chi connectivity index (χ0v) is 12.5. The quantitative estimate of drug-likeness (QED) is 0.730. The molecule has 0 radical (unpaired) electrons. The Kier molecular flexibility index (Phi) is 6.13. The van der Waals surface area contributed by atoms with Gasteiger partial charge in [0, 0.05) is 11.6 Å². The van der Waals surface area contributed by atoms with Crippen LogP contribution in [0.4, 0.5) is 4.39 Å². The van der Waals surface area contributed by atoms with Gasteiger partial charge >= 0.3 is 11.9 Å². The van der Waals surface area contributed by atoms with Crippen molar-refractivity contribution in [2.75, 3.05) is 7.11 Å². The smallest absolute Gasteiger partial charge is 0.339 e. The van der Waals surface area contributed by atoms with Crippen LogP contribution in [0, 0.1) is 11.2 Å². The lowest BCUT2D eigenvalue weighted by atomic mass is 9.80. The summed E-state index contributed by atoms with van der Waals surface area (Å²) >= 11 is 0. The van der Waals surface area contributed by atoms with Gasteiger partial charge in [-0.2, -0.15) is 0 Å². The molecule has 1 rings (SSSR count). The minimum atomic E-state index is -1.49. The molecule has 6 nitrogen and oxygen atoms in total. The Morgan fingerprint density at radius 1 is 1.38 bits per heavy atom. The zero-order valence-electron chi connectivity index (χ0n) is 11.7. The molecule has 0 aliphatic rings. The number of aromatic hydroxyl groups is 1. The van der Waals surface area contributed by atoms with Crippen molar-refractivity contribution in [2.24, 2.45) is 11.1 Å². The minimum Gasteiger partial charge on any atom is -0.507 e. The molecule has 0 saturated carbocycles. The van der Waals surface area contributed by atoms with Crippen LogP contribution in [0.2, 0.25) is 0 Å². The molecule has 0 fully saturated rings. The predicted octanol–water partition coefficient (Wildman–Crippen LogP) is 1.85. The Labute approximate surface area is 127 Å². The van der Waals surface area contributed by atoms with Gasteiger partial charge in [-0.25, -0.2) is 9.18 Å². The standard InChI is InChI=1S/C13H16FNO5.ClH/c1-13(2,12(19)20-3)10(15)7-4-6(14)5-8(9(7)16)11(17)18;/h4-5,10,16H,15H2,1-3H3,(H,17,18);1H/t10-;/m1./s1. The van der Waals surface area contributed by atoms with Crippen LogP contribution in [0.25, 0.3) is 0 Å². The minimum absolute atomic E-state index is 0. The first-order valence-electron chi connectivity index (χ1n) is 5.72. The third-order valence-corrected chi connectivity index (χ3v) is 3.16. The molecule has 118 valence electrons. The molecule has 1 atom stereocenters. The number of carbonyl (C=O) groups excluding carboxylic acids is 1. The predicted molar refractivity (Wildman–Crippen MR) is 75.0 cm³/mol. The van der Waals surface area contributed by atoms with E-state index in [2.05, 4.69) is 4.74 Å². The third-order valence-electron chi connectivity index (χ3n) is 3.16. The van der Waals surface area contributed by atoms with E-state index in [1.807, 2.05) is 0 Å². The van der Waals surface area contributed by atoms with Crippen LogP contribution < -0.4 is 5.73 Å². The van der Waals surface area contributed by atoms with Crippen molar-refractivity contribution in [2.45, 2.75) is 19.9 Å². The molecule has 0 heterocycles. The number of hydrogen-bond donors (Lipinski definition) is 3. The molecule has 4 N–H and O–H groups in total. The van der Waals surface area contributed by atoms with Crippen LogP contribution in [0.5, 0.6) is 5.75 Å². The number of ether oxygens (including phenoxy) is 1. The summed E-state index contributed by atoms with van der Waals surface area (Å²) in [7, 11) is 1.17. The van der Waals surface area contributed by atoms with Crippen molar-refractivity contribution in [1.82, 2.24) is 0 Å². The molecular weight excluding hydrogens is 305 g/mol. The largest absolute Gasteiger partial charge is 0.507 e. The number of esters is 1. The number of methoxy groups -OCH3 is 1. The van der Waals surface area contributed by atoms with Gasteiger partial charge in [0.1, 0.15) is 17.1 Å². The number of phenols is 1. The molecule has 0 aromatic heterocycles. The molecule has 21 heavy (non-hydrogen) atoms. The van der Waals surface area contributed by atoms with E-state index >= 15 is 0 Å². The van der Waals surface area contributed by atoms with Crippen molar-refractivity contribution in [3.05, 3.63) is 29.1 Å². The van der Waals surface area contributed by atoms with E-state index < -0.39 is 40.5 Å². The van der Waals surface area contributed by atoms with Gasteiger partial charge in [0.15, 0.2) is 0 Å². The number of carboxylic acid groups (broad SMARTS) is 1. The topological polar surface area (TPSA) is 110 Å². The van der Waals surface area contributed by atoms with E-state index in [4.69, 9.17) is 10.8 Å². The Morgan fingerprint density at radius 3 is 2.33 bits per heavy atom. The van der Waals surface area contributed by atoms with Gasteiger partial charge in [-0.3, -0.25) is 4.79 Å². The van der Waals surface area contributed by atoms with Gasteiger partial charge in [0.05, 0.1) is 12.5 Å². The fraction of sp³-hybridized carbons (Fsp3) is 0.385. The number of carboxylic acids is 1. The zero-order chi connectivity index (χ0) is 15.7. The van der Waals surface area contributed by atoms with E-state index in [0.717, 1.165) is 6.07 Å². The van der Waals surface area contributed by atoms with E-state index in [-0.39, 0.29) is 18.0 Å². The maximum atomic E-state index is 13.5. The Morgan fingerprint density at radius 2 is 1.90 bits per heavy atom. The van der Waals surface area contributed by atoms with E-state index in [1.165, 1.54) is 21.0 Å². The van der Waals surface area contributed by atoms with Gasteiger partial charge in [-0.05, 0) is 26.0 Å². The van der Waals surface area contributed by atoms with Gasteiger partial charge in [-0.15, -0.1) is 12.4 Å². The number of halogens is 2. The number of rotatable bonds is 4. The first-order chi connectivity index (χ1) is 9.12. The monoisotopic (exact) mass is 321 g/mol. The molecule has 0 unspecified atom stereocenters. The van der Waals surface area contributed by atoms with Crippen molar-refractivity contribution in [3.8, 4) is 5.75 Å². The van der Waals surface area contributed by atoms with Crippen LogP contribution in [-0.4, -0.2) is 29.3 Å². The second kappa shape index (κ2) is 6.73. The summed E-state index contributed by atoms with van der Waals surface area (Å²) < 4.78 is 18.0. The van der Waals surface area contributed by atoms with E-state index in [0.29, 0.717) is 6.07 Å². The van der Waals surface area contributed by atoms with E-state index in [1.54, 1.807) is 0 Å². The van der Waals surface area contributed by atoms with Crippen molar-refractivity contribution in [1.29, 1.82) is 0 Å². The Hall–Kier alpha value is -1.86. The molecular formula is C13H17ClFNO5. The maximum Gasteiger partial charge on any atom is 0.339 e. The van der Waals surface area contributed by atoms with Crippen molar-refractivity contribution in [3.63, 3.8) is 0 Å². The number of hydrogen-bond acceptors (Lipinski definition) is 5. The van der Waals surface area contributed by atoms with Gasteiger partial charge in [-0.1, -0.05) is 0 Å². The van der Waals surface area contributed by atoms with Crippen LogP contribution >= 0.6 is 12.4 Å². The molecule has 0 spiro atoms. The van der Waals surface area contributed by atoms with Crippen LogP contribution in [0.1, 0.15) is 35.8 Å². The van der Waals surface area contributed by atoms with Crippen molar-refractivity contribution >= 4 is 24.3 Å². The molecule has 0 saturated heterocycles. The van der Waals surface area contributed by atoms with Crippen LogP contribution in [-0.2, 0) is 9.53 Å². The first kappa shape index (κ1) is 19.1. The van der Waals surface area contributed by atoms with Crippen LogP contribution in [0.3, 0.4) is 0 Å². The molecule has 1 aromatic rings. The second-order valence-electron chi connectivity index (χ2n) is 4.89. The number of carbonyl (C=O) groups is 2. The van der Waals surface area contributed by atoms with Gasteiger partial charge in [0.2, 0.25) is 0 Å². The average Bonchev–Trinajstić information content (AvgIpc) is 2.38. The highest BCUT2D eigenvalue weighted by Crippen LogP contribution is 2.38. The van der Waals surface area contributed by atoms with E-state index in [9.17, 15) is 19.1 Å². The Balaban J connectivity index is 0.00000400. The SMILES string of the molecule is COC(=O)C(C)(C)[C@H](N)c1cc(F)cc(C(=O)O)c1O.Cl. The third kappa shape index (κ3) is 3.62. The Bertz CT molecular complexity index is 562. The summed E-state index contributed by atoms with van der Waals surface area (Å²) in [6.45, 7) is 2.91. The number of benzene rings is 1. The summed E-state index contributed by atoms with van der Waals surface area (Å²) in [5.41, 5.74) is 3.82. The highest BCUT2D eigenvalue weighted by Gasteiger charge is 2.38. The molecule has 0 bridgehead atoms. The first-order valence-corrected chi connectivity index (χ1v) is 5.72. The lowest BCUT2D eigenvalue weighted by Gasteiger charge is -2.29. The lowest BCUT2D eigenvalue weighted by Crippen LogP contribution is -2.37. The molecule has 0 aliphatic heterocycles. The molecule has 0 aliphatic carbocycles. The highest BCUT2D eigenvalue weighted by molar-refractivity contribution is 5.91. The number of nitrogens with two attached hydrogens (primary N) is 1. The average molecular weight is 322 g/mol. The maximum absolute atomic E-state index is 13.5. The summed E-state index contributed by atoms with van der Waals surface area (Å²) in [5.74, 6) is -3.69. The van der Waals surface area contributed by atoms with Crippen LogP contribution in [0.15, 0.2) is 12.1 Å². The fourth-order valence-corrected chi connectivity index (χ4v) is 1.80.